The number of aliphatic carboxylic acids is 1. The second-order valence-electron chi connectivity index (χ2n) is 6.77. The lowest BCUT2D eigenvalue weighted by Crippen LogP contribution is -2.12. The second-order valence-corrected chi connectivity index (χ2v) is 6.77. The van der Waals surface area contributed by atoms with Crippen LogP contribution in [0.3, 0.4) is 0 Å². The zero-order valence-corrected chi connectivity index (χ0v) is 15.6. The summed E-state index contributed by atoms with van der Waals surface area (Å²) >= 11 is 0. The van der Waals surface area contributed by atoms with E-state index in [-0.39, 0.29) is 39.8 Å². The number of aromatic hydroxyl groups is 1. The maximum absolute atomic E-state index is 14.2. The Hall–Kier alpha value is -4.00. The summed E-state index contributed by atoms with van der Waals surface area (Å²) in [6.07, 6.45) is 3.83. The monoisotopic (exact) mass is 405 g/mol. The summed E-state index contributed by atoms with van der Waals surface area (Å²) in [5.41, 5.74) is 0.409. The Morgan fingerprint density at radius 1 is 1.10 bits per heavy atom. The van der Waals surface area contributed by atoms with E-state index in [1.165, 1.54) is 36.5 Å². The van der Waals surface area contributed by atoms with Crippen LogP contribution < -0.4 is 5.43 Å². The van der Waals surface area contributed by atoms with E-state index in [4.69, 9.17) is 4.42 Å². The molecule has 0 aliphatic carbocycles. The van der Waals surface area contributed by atoms with Gasteiger partial charge in [-0.1, -0.05) is 24.3 Å². The zero-order valence-electron chi connectivity index (χ0n) is 15.6. The quantitative estimate of drug-likeness (QED) is 0.513. The summed E-state index contributed by atoms with van der Waals surface area (Å²) in [6.45, 7) is 0. The topological polar surface area (TPSA) is 101 Å². The van der Waals surface area contributed by atoms with Crippen LogP contribution in [0.4, 0.5) is 4.39 Å². The predicted octanol–water partition coefficient (Wildman–Crippen LogP) is 4.31. The van der Waals surface area contributed by atoms with E-state index in [2.05, 4.69) is 4.98 Å². The molecule has 0 aliphatic heterocycles. The number of phenols is 1. The summed E-state index contributed by atoms with van der Waals surface area (Å²) in [7, 11) is 0. The van der Waals surface area contributed by atoms with Crippen LogP contribution >= 0.6 is 0 Å². The zero-order chi connectivity index (χ0) is 21.3. The number of carboxylic acid groups (broad SMARTS) is 1. The molecule has 0 saturated carbocycles. The largest absolute Gasteiger partial charge is 0.508 e. The SMILES string of the molecule is O=C(O)C[C@H](c1cccnc1)c1c(O)ccc2c(=O)c(-c3ccccc3F)coc12. The average Bonchev–Trinajstić information content (AvgIpc) is 2.74. The summed E-state index contributed by atoms with van der Waals surface area (Å²) in [6, 6.07) is 11.9. The molecule has 6 nitrogen and oxygen atoms in total. The highest BCUT2D eigenvalue weighted by Gasteiger charge is 2.26. The fraction of sp³-hybridized carbons (Fsp3) is 0.0870. The van der Waals surface area contributed by atoms with Crippen molar-refractivity contribution < 1.29 is 23.8 Å². The normalized spacial score (nSPS) is 12.0. The van der Waals surface area contributed by atoms with Crippen molar-refractivity contribution in [2.45, 2.75) is 12.3 Å². The van der Waals surface area contributed by atoms with Crippen molar-refractivity contribution >= 4 is 16.9 Å². The molecule has 0 saturated heterocycles. The molecule has 2 heterocycles. The number of pyridine rings is 1. The fourth-order valence-electron chi connectivity index (χ4n) is 3.56. The van der Waals surface area contributed by atoms with Crippen molar-refractivity contribution in [3.63, 3.8) is 0 Å². The number of aromatic nitrogens is 1. The van der Waals surface area contributed by atoms with Crippen molar-refractivity contribution in [1.29, 1.82) is 0 Å². The summed E-state index contributed by atoms with van der Waals surface area (Å²) < 4.78 is 19.9. The molecule has 30 heavy (non-hydrogen) atoms. The summed E-state index contributed by atoms with van der Waals surface area (Å²) in [4.78, 5) is 28.6. The van der Waals surface area contributed by atoms with Crippen LogP contribution in [-0.2, 0) is 4.79 Å². The first-order valence-corrected chi connectivity index (χ1v) is 9.11. The number of halogens is 1. The fourth-order valence-corrected chi connectivity index (χ4v) is 3.56. The van der Waals surface area contributed by atoms with Crippen LogP contribution in [0.1, 0.15) is 23.5 Å². The average molecular weight is 405 g/mol. The van der Waals surface area contributed by atoms with Crippen LogP contribution in [-0.4, -0.2) is 21.2 Å². The van der Waals surface area contributed by atoms with E-state index in [1.807, 2.05) is 0 Å². The molecule has 0 fully saturated rings. The Bertz CT molecular complexity index is 1300. The van der Waals surface area contributed by atoms with Crippen LogP contribution in [0.5, 0.6) is 5.75 Å². The highest BCUT2D eigenvalue weighted by molar-refractivity contribution is 5.87. The Morgan fingerprint density at radius 2 is 1.90 bits per heavy atom. The smallest absolute Gasteiger partial charge is 0.304 e. The number of benzene rings is 2. The molecule has 150 valence electrons. The maximum Gasteiger partial charge on any atom is 0.304 e. The minimum absolute atomic E-state index is 0.0356. The highest BCUT2D eigenvalue weighted by atomic mass is 19.1. The molecule has 0 bridgehead atoms. The third-order valence-electron chi connectivity index (χ3n) is 4.93. The number of rotatable bonds is 5. The van der Waals surface area contributed by atoms with Gasteiger partial charge in [0.1, 0.15) is 23.4 Å². The van der Waals surface area contributed by atoms with Crippen molar-refractivity contribution in [3.05, 3.63) is 94.4 Å². The molecule has 0 spiro atoms. The molecule has 7 heteroatoms. The standard InChI is InChI=1S/C23H16FNO5/c24-18-6-2-1-5-14(18)17-12-30-23-15(22(17)29)7-8-19(26)21(23)16(10-20(27)28)13-4-3-9-25-11-13/h1-9,11-12,16,26H,10H2,(H,27,28)/t16-/m1/s1. The van der Waals surface area contributed by atoms with E-state index in [0.29, 0.717) is 5.56 Å². The third kappa shape index (κ3) is 3.41. The molecular weight excluding hydrogens is 389 g/mol. The minimum Gasteiger partial charge on any atom is -0.508 e. The second kappa shape index (κ2) is 7.79. The Labute approximate surface area is 169 Å². The minimum atomic E-state index is -1.09. The van der Waals surface area contributed by atoms with Crippen LogP contribution in [0.15, 0.2) is 76.4 Å². The van der Waals surface area contributed by atoms with Gasteiger partial charge in [0.05, 0.1) is 17.4 Å². The predicted molar refractivity (Wildman–Crippen MR) is 108 cm³/mol. The van der Waals surface area contributed by atoms with Gasteiger partial charge in [-0.15, -0.1) is 0 Å². The molecule has 0 amide bonds. The van der Waals surface area contributed by atoms with E-state index in [1.54, 1.807) is 24.4 Å². The number of hydrogen-bond donors (Lipinski definition) is 2. The first-order chi connectivity index (χ1) is 14.5. The van der Waals surface area contributed by atoms with Gasteiger partial charge in [-0.25, -0.2) is 4.39 Å². The first-order valence-electron chi connectivity index (χ1n) is 9.11. The highest BCUT2D eigenvalue weighted by Crippen LogP contribution is 2.39. The van der Waals surface area contributed by atoms with Crippen LogP contribution in [0.2, 0.25) is 0 Å². The van der Waals surface area contributed by atoms with Gasteiger partial charge in [-0.3, -0.25) is 14.6 Å². The molecule has 0 aliphatic rings. The lowest BCUT2D eigenvalue weighted by atomic mass is 9.87. The van der Waals surface area contributed by atoms with E-state index in [9.17, 15) is 24.2 Å². The van der Waals surface area contributed by atoms with Gasteiger partial charge in [0.2, 0.25) is 5.43 Å². The summed E-state index contributed by atoms with van der Waals surface area (Å²) in [5, 5.41) is 20.1. The molecule has 4 rings (SSSR count). The van der Waals surface area contributed by atoms with Gasteiger partial charge in [-0.2, -0.15) is 0 Å². The molecule has 2 aromatic heterocycles. The Kier molecular flexibility index (Phi) is 5.02. The lowest BCUT2D eigenvalue weighted by Gasteiger charge is -2.18. The number of nitrogens with zero attached hydrogens (tertiary/aromatic N) is 1. The molecular formula is C23H16FNO5. The van der Waals surface area contributed by atoms with Gasteiger partial charge in [0.15, 0.2) is 0 Å². The van der Waals surface area contributed by atoms with E-state index >= 15 is 0 Å². The van der Waals surface area contributed by atoms with Crippen molar-refractivity contribution in [1.82, 2.24) is 4.98 Å². The van der Waals surface area contributed by atoms with Gasteiger partial charge in [0.25, 0.3) is 0 Å². The molecule has 4 aromatic rings. The number of carbonyl (C=O) groups is 1. The van der Waals surface area contributed by atoms with E-state index < -0.39 is 23.1 Å². The molecule has 2 N–H and O–H groups in total. The van der Waals surface area contributed by atoms with Gasteiger partial charge in [0, 0.05) is 29.4 Å². The maximum atomic E-state index is 14.2. The van der Waals surface area contributed by atoms with Crippen molar-refractivity contribution in [2.24, 2.45) is 0 Å². The molecule has 1 atom stereocenters. The molecule has 2 aromatic carbocycles. The molecule has 0 radical (unpaired) electrons. The number of fused-ring (bicyclic) bond motifs is 1. The van der Waals surface area contributed by atoms with Gasteiger partial charge < -0.3 is 14.6 Å². The Balaban J connectivity index is 1.98. The van der Waals surface area contributed by atoms with Gasteiger partial charge in [-0.05, 0) is 29.8 Å². The van der Waals surface area contributed by atoms with E-state index in [0.717, 1.165) is 6.26 Å². The number of carboxylic acids is 1. The van der Waals surface area contributed by atoms with Crippen LogP contribution in [0, 0.1) is 5.82 Å². The third-order valence-corrected chi connectivity index (χ3v) is 4.93. The van der Waals surface area contributed by atoms with Crippen LogP contribution in [0.25, 0.3) is 22.1 Å². The number of hydrogen-bond acceptors (Lipinski definition) is 5. The van der Waals surface area contributed by atoms with Gasteiger partial charge >= 0.3 is 5.97 Å². The lowest BCUT2D eigenvalue weighted by molar-refractivity contribution is -0.137. The van der Waals surface area contributed by atoms with Crippen molar-refractivity contribution in [2.75, 3.05) is 0 Å². The summed E-state index contributed by atoms with van der Waals surface area (Å²) in [5.74, 6) is -2.67. The van der Waals surface area contributed by atoms with Crippen molar-refractivity contribution in [3.8, 4) is 16.9 Å². The first kappa shape index (κ1) is 19.3. The molecule has 0 unspecified atom stereocenters. The Morgan fingerprint density at radius 3 is 2.60 bits per heavy atom. The number of phenolic OH excluding ortho intramolecular Hbond substituents is 1.